The number of aromatic nitrogens is 1. The molecular weight excluding hydrogens is 387 g/mol. The highest BCUT2D eigenvalue weighted by atomic mass is 19.1. The van der Waals surface area contributed by atoms with Gasteiger partial charge in [0.1, 0.15) is 5.82 Å². The molecule has 1 aromatic carbocycles. The maximum atomic E-state index is 13.7. The van der Waals surface area contributed by atoms with Gasteiger partial charge < -0.3 is 20.4 Å². The molecule has 2 aliphatic rings. The van der Waals surface area contributed by atoms with Gasteiger partial charge in [-0.1, -0.05) is 0 Å². The Labute approximate surface area is 174 Å². The van der Waals surface area contributed by atoms with Gasteiger partial charge in [0, 0.05) is 48.8 Å². The standard InChI is InChI=1S/C22H25FN4O3/c1-13-19(12-17-16-11-15(23)3-4-18(16)26-21(17)28)25-14(2)20(13)22(29)24-5-6-27-7-9-30-10-8-27/h3-4,11-12,25H,5-10H2,1-2H3,(H,24,29)(H,26,28). The topological polar surface area (TPSA) is 86.5 Å². The Balaban J connectivity index is 1.51. The molecule has 2 amide bonds. The van der Waals surface area contributed by atoms with E-state index in [2.05, 4.69) is 20.5 Å². The Hall–Kier alpha value is -2.97. The number of nitrogens with zero attached hydrogens (tertiary/aromatic N) is 1. The van der Waals surface area contributed by atoms with Crippen LogP contribution in [0.4, 0.5) is 10.1 Å². The first-order valence-electron chi connectivity index (χ1n) is 10.0. The van der Waals surface area contributed by atoms with Gasteiger partial charge in [-0.2, -0.15) is 0 Å². The number of anilines is 1. The van der Waals surface area contributed by atoms with Gasteiger partial charge in [0.15, 0.2) is 0 Å². The molecule has 0 bridgehead atoms. The van der Waals surface area contributed by atoms with Crippen LogP contribution in [0, 0.1) is 19.7 Å². The molecule has 158 valence electrons. The average Bonchev–Trinajstić information content (AvgIpc) is 3.18. The van der Waals surface area contributed by atoms with Crippen molar-refractivity contribution in [1.82, 2.24) is 15.2 Å². The van der Waals surface area contributed by atoms with E-state index in [1.807, 2.05) is 13.8 Å². The average molecular weight is 412 g/mol. The highest BCUT2D eigenvalue weighted by Crippen LogP contribution is 2.34. The lowest BCUT2D eigenvalue weighted by atomic mass is 10.0. The molecule has 2 aliphatic heterocycles. The van der Waals surface area contributed by atoms with Crippen LogP contribution in [0.3, 0.4) is 0 Å². The lowest BCUT2D eigenvalue weighted by Crippen LogP contribution is -2.41. The van der Waals surface area contributed by atoms with E-state index in [0.29, 0.717) is 34.6 Å². The molecule has 0 saturated carbocycles. The summed E-state index contributed by atoms with van der Waals surface area (Å²) in [4.78, 5) is 30.6. The molecule has 7 nitrogen and oxygen atoms in total. The summed E-state index contributed by atoms with van der Waals surface area (Å²) in [6, 6.07) is 4.19. The fraction of sp³-hybridized carbons (Fsp3) is 0.364. The number of nitrogens with one attached hydrogen (secondary N) is 3. The summed E-state index contributed by atoms with van der Waals surface area (Å²) in [5, 5.41) is 5.71. The third kappa shape index (κ3) is 4.01. The van der Waals surface area contributed by atoms with E-state index in [9.17, 15) is 14.0 Å². The Morgan fingerprint density at radius 2 is 2.07 bits per heavy atom. The van der Waals surface area contributed by atoms with Crippen molar-refractivity contribution in [2.24, 2.45) is 0 Å². The van der Waals surface area contributed by atoms with Crippen molar-refractivity contribution in [3.05, 3.63) is 52.1 Å². The monoisotopic (exact) mass is 412 g/mol. The Morgan fingerprint density at radius 3 is 2.83 bits per heavy atom. The normalized spacial score (nSPS) is 17.8. The van der Waals surface area contributed by atoms with Crippen molar-refractivity contribution in [3.8, 4) is 0 Å². The van der Waals surface area contributed by atoms with Crippen LogP contribution in [-0.4, -0.2) is 61.1 Å². The number of hydrogen-bond donors (Lipinski definition) is 3. The number of carbonyl (C=O) groups is 2. The minimum absolute atomic E-state index is 0.151. The minimum Gasteiger partial charge on any atom is -0.379 e. The lowest BCUT2D eigenvalue weighted by molar-refractivity contribution is -0.110. The fourth-order valence-electron chi connectivity index (χ4n) is 3.95. The minimum atomic E-state index is -0.407. The predicted molar refractivity (Wildman–Crippen MR) is 113 cm³/mol. The van der Waals surface area contributed by atoms with Gasteiger partial charge in [0.25, 0.3) is 11.8 Å². The van der Waals surface area contributed by atoms with Crippen LogP contribution in [-0.2, 0) is 9.53 Å². The molecule has 0 spiro atoms. The van der Waals surface area contributed by atoms with Crippen molar-refractivity contribution in [1.29, 1.82) is 0 Å². The van der Waals surface area contributed by atoms with Gasteiger partial charge in [-0.25, -0.2) is 4.39 Å². The number of morpholine rings is 1. The van der Waals surface area contributed by atoms with Crippen molar-refractivity contribution in [3.63, 3.8) is 0 Å². The molecule has 4 rings (SSSR count). The summed E-state index contributed by atoms with van der Waals surface area (Å²) in [7, 11) is 0. The summed E-state index contributed by atoms with van der Waals surface area (Å²) in [6.07, 6.45) is 1.67. The van der Waals surface area contributed by atoms with Gasteiger partial charge in [0.05, 0.1) is 24.4 Å². The molecule has 0 radical (unpaired) electrons. The number of aromatic amines is 1. The highest BCUT2D eigenvalue weighted by Gasteiger charge is 2.26. The van der Waals surface area contributed by atoms with Gasteiger partial charge >= 0.3 is 0 Å². The zero-order valence-corrected chi connectivity index (χ0v) is 17.1. The molecular formula is C22H25FN4O3. The van der Waals surface area contributed by atoms with Gasteiger partial charge in [-0.05, 0) is 43.7 Å². The quantitative estimate of drug-likeness (QED) is 0.658. The van der Waals surface area contributed by atoms with Gasteiger partial charge in [-0.15, -0.1) is 0 Å². The van der Waals surface area contributed by atoms with Crippen LogP contribution in [0.5, 0.6) is 0 Å². The molecule has 0 atom stereocenters. The molecule has 30 heavy (non-hydrogen) atoms. The van der Waals surface area contributed by atoms with Crippen LogP contribution in [0.15, 0.2) is 18.2 Å². The van der Waals surface area contributed by atoms with E-state index < -0.39 is 5.82 Å². The number of amides is 2. The molecule has 3 N–H and O–H groups in total. The summed E-state index contributed by atoms with van der Waals surface area (Å²) in [5.74, 6) is -0.851. The van der Waals surface area contributed by atoms with Crippen molar-refractivity contribution >= 4 is 29.2 Å². The molecule has 1 saturated heterocycles. The maximum absolute atomic E-state index is 13.7. The number of aryl methyl sites for hydroxylation is 1. The number of hydrogen-bond acceptors (Lipinski definition) is 4. The first kappa shape index (κ1) is 20.3. The first-order chi connectivity index (χ1) is 14.4. The van der Waals surface area contributed by atoms with Crippen LogP contribution in [0.25, 0.3) is 11.6 Å². The van der Waals surface area contributed by atoms with E-state index in [0.717, 1.165) is 44.1 Å². The Kier molecular flexibility index (Phi) is 5.69. The summed E-state index contributed by atoms with van der Waals surface area (Å²) in [5.41, 5.74) is 4.17. The van der Waals surface area contributed by atoms with Crippen LogP contribution >= 0.6 is 0 Å². The second-order valence-corrected chi connectivity index (χ2v) is 7.58. The number of H-pyrrole nitrogens is 1. The second-order valence-electron chi connectivity index (χ2n) is 7.58. The Bertz CT molecular complexity index is 1020. The Morgan fingerprint density at radius 1 is 1.30 bits per heavy atom. The third-order valence-corrected chi connectivity index (χ3v) is 5.57. The number of benzene rings is 1. The molecule has 1 aromatic heterocycles. The van der Waals surface area contributed by atoms with Crippen molar-refractivity contribution in [2.45, 2.75) is 13.8 Å². The molecule has 1 fully saturated rings. The van der Waals surface area contributed by atoms with E-state index >= 15 is 0 Å². The zero-order chi connectivity index (χ0) is 21.3. The van der Waals surface area contributed by atoms with Crippen LogP contribution in [0.1, 0.15) is 32.9 Å². The molecule has 8 heteroatoms. The lowest BCUT2D eigenvalue weighted by Gasteiger charge is -2.26. The predicted octanol–water partition coefficient (Wildman–Crippen LogP) is 2.33. The first-order valence-corrected chi connectivity index (χ1v) is 10.0. The smallest absolute Gasteiger partial charge is 0.256 e. The number of carbonyl (C=O) groups excluding carboxylic acids is 2. The van der Waals surface area contributed by atoms with E-state index in [1.54, 1.807) is 12.1 Å². The van der Waals surface area contributed by atoms with Crippen molar-refractivity contribution in [2.75, 3.05) is 44.7 Å². The molecule has 3 heterocycles. The number of ether oxygens (including phenoxy) is 1. The highest BCUT2D eigenvalue weighted by molar-refractivity contribution is 6.34. The summed E-state index contributed by atoms with van der Waals surface area (Å²) < 4.78 is 19.0. The molecule has 0 aliphatic carbocycles. The van der Waals surface area contributed by atoms with Crippen LogP contribution < -0.4 is 10.6 Å². The SMILES string of the molecule is Cc1[nH]c(C=C2C(=O)Nc3ccc(F)cc32)c(C)c1C(=O)NCCN1CCOCC1. The zero-order valence-electron chi connectivity index (χ0n) is 17.1. The summed E-state index contributed by atoms with van der Waals surface area (Å²) >= 11 is 0. The summed E-state index contributed by atoms with van der Waals surface area (Å²) in [6.45, 7) is 8.19. The van der Waals surface area contributed by atoms with Gasteiger partial charge in [0.2, 0.25) is 0 Å². The molecule has 0 unspecified atom stereocenters. The van der Waals surface area contributed by atoms with Crippen molar-refractivity contribution < 1.29 is 18.7 Å². The van der Waals surface area contributed by atoms with E-state index in [4.69, 9.17) is 4.74 Å². The van der Waals surface area contributed by atoms with Crippen LogP contribution in [0.2, 0.25) is 0 Å². The largest absolute Gasteiger partial charge is 0.379 e. The number of rotatable bonds is 5. The van der Waals surface area contributed by atoms with E-state index in [1.165, 1.54) is 12.1 Å². The fourth-order valence-corrected chi connectivity index (χ4v) is 3.95. The second kappa shape index (κ2) is 8.41. The van der Waals surface area contributed by atoms with E-state index in [-0.39, 0.29) is 11.8 Å². The van der Waals surface area contributed by atoms with Gasteiger partial charge in [-0.3, -0.25) is 14.5 Å². The maximum Gasteiger partial charge on any atom is 0.256 e. The number of halogens is 1. The third-order valence-electron chi connectivity index (χ3n) is 5.57. The molecule has 2 aromatic rings. The number of fused-ring (bicyclic) bond motifs is 1.